The van der Waals surface area contributed by atoms with Gasteiger partial charge < -0.3 is 24.5 Å². The Labute approximate surface area is 275 Å². The van der Waals surface area contributed by atoms with Gasteiger partial charge in [0.05, 0.1) is 24.6 Å². The van der Waals surface area contributed by atoms with Gasteiger partial charge in [0.25, 0.3) is 5.91 Å². The number of aryl methyl sites for hydroxylation is 1. The number of hydrogen-bond acceptors (Lipinski definition) is 9. The molecule has 1 aliphatic rings. The Hall–Kier alpha value is -4.79. The number of hydrogen-bond donors (Lipinski definition) is 3. The molecule has 1 saturated carbocycles. The van der Waals surface area contributed by atoms with Crippen LogP contribution in [0.1, 0.15) is 67.2 Å². The standard InChI is InChI=1S/C33H38F3N7O5/c1-4-48-26-15-21(14-25(39-26)33(34,35)36)23-16-24(43(2)18-32(19-47-3)12-5-6-13-32)28-29(38-23)41-31(40-28)42-30(46)22-11-10-20(17-37-22)8-7-9-27(44)45/h10-11,14-17H,4-9,12-13,18-19H2,1-3H3,(H,44,45)(H2,38,40,41,42,46). The fourth-order valence-electron chi connectivity index (χ4n) is 6.19. The van der Waals surface area contributed by atoms with Crippen LogP contribution in [0.2, 0.25) is 0 Å². The van der Waals surface area contributed by atoms with Crippen LogP contribution in [0.5, 0.6) is 5.88 Å². The number of anilines is 2. The summed E-state index contributed by atoms with van der Waals surface area (Å²) >= 11 is 0. The average molecular weight is 670 g/mol. The minimum absolute atomic E-state index is 0.0346. The molecule has 4 aromatic heterocycles. The number of methoxy groups -OCH3 is 1. The molecule has 48 heavy (non-hydrogen) atoms. The normalized spacial score (nSPS) is 14.3. The number of alkyl halides is 3. The fraction of sp³-hybridized carbons (Fsp3) is 0.455. The summed E-state index contributed by atoms with van der Waals surface area (Å²) in [7, 11) is 3.57. The summed E-state index contributed by atoms with van der Waals surface area (Å²) in [5.74, 6) is -1.53. The second-order valence-electron chi connectivity index (χ2n) is 12.1. The number of carboxylic acids is 1. The van der Waals surface area contributed by atoms with E-state index in [4.69, 9.17) is 14.6 Å². The zero-order chi connectivity index (χ0) is 34.5. The molecule has 256 valence electrons. The molecule has 5 rings (SSSR count). The van der Waals surface area contributed by atoms with Gasteiger partial charge >= 0.3 is 12.1 Å². The van der Waals surface area contributed by atoms with E-state index >= 15 is 0 Å². The number of aromatic nitrogens is 5. The smallest absolute Gasteiger partial charge is 0.433 e. The van der Waals surface area contributed by atoms with Crippen molar-refractivity contribution in [1.82, 2.24) is 24.9 Å². The van der Waals surface area contributed by atoms with Gasteiger partial charge in [-0.05, 0) is 56.4 Å². The summed E-state index contributed by atoms with van der Waals surface area (Å²) in [6.45, 7) is 2.95. The monoisotopic (exact) mass is 669 g/mol. The molecule has 1 amide bonds. The van der Waals surface area contributed by atoms with Gasteiger partial charge in [0.15, 0.2) is 5.65 Å². The van der Waals surface area contributed by atoms with E-state index in [1.54, 1.807) is 26.2 Å². The van der Waals surface area contributed by atoms with E-state index in [0.29, 0.717) is 37.2 Å². The van der Waals surface area contributed by atoms with Crippen molar-refractivity contribution in [2.45, 2.75) is 58.0 Å². The molecule has 0 radical (unpaired) electrons. The van der Waals surface area contributed by atoms with Crippen LogP contribution < -0.4 is 15.0 Å². The Kier molecular flexibility index (Phi) is 10.5. The van der Waals surface area contributed by atoms with E-state index in [0.717, 1.165) is 37.3 Å². The van der Waals surface area contributed by atoms with Gasteiger partial charge in [-0.1, -0.05) is 18.9 Å². The fourth-order valence-corrected chi connectivity index (χ4v) is 6.19. The SMILES string of the molecule is CCOc1cc(-c2cc(N(C)CC3(COC)CCCC3)c3[nH]c(NC(=O)c4ccc(CCCC(=O)O)cn4)nc3n2)cc(C(F)(F)F)n1. The van der Waals surface area contributed by atoms with Gasteiger partial charge in [0.1, 0.15) is 16.9 Å². The zero-order valence-corrected chi connectivity index (χ0v) is 27.0. The molecular formula is C33H38F3N7O5. The summed E-state index contributed by atoms with van der Waals surface area (Å²) in [5.41, 5.74) is 1.35. The highest BCUT2D eigenvalue weighted by Crippen LogP contribution is 2.41. The third kappa shape index (κ3) is 8.19. The molecule has 1 fully saturated rings. The maximum atomic E-state index is 13.8. The number of pyridine rings is 3. The Morgan fingerprint density at radius 3 is 2.54 bits per heavy atom. The van der Waals surface area contributed by atoms with Crippen LogP contribution in [0.25, 0.3) is 22.4 Å². The minimum atomic E-state index is -4.71. The van der Waals surface area contributed by atoms with E-state index in [9.17, 15) is 22.8 Å². The molecule has 0 atom stereocenters. The molecule has 4 aromatic rings. The van der Waals surface area contributed by atoms with Gasteiger partial charge in [-0.15, -0.1) is 0 Å². The predicted octanol–water partition coefficient (Wildman–Crippen LogP) is 6.14. The summed E-state index contributed by atoms with van der Waals surface area (Å²) < 4.78 is 52.5. The lowest BCUT2D eigenvalue weighted by atomic mass is 9.86. The Morgan fingerprint density at radius 1 is 1.12 bits per heavy atom. The highest BCUT2D eigenvalue weighted by molar-refractivity contribution is 6.03. The number of fused-ring (bicyclic) bond motifs is 1. The molecule has 0 aromatic carbocycles. The third-order valence-electron chi connectivity index (χ3n) is 8.36. The van der Waals surface area contributed by atoms with Crippen molar-refractivity contribution in [2.75, 3.05) is 44.1 Å². The van der Waals surface area contributed by atoms with Crippen molar-refractivity contribution in [1.29, 1.82) is 0 Å². The van der Waals surface area contributed by atoms with Crippen molar-refractivity contribution in [3.63, 3.8) is 0 Å². The number of rotatable bonds is 14. The van der Waals surface area contributed by atoms with E-state index in [1.807, 2.05) is 11.9 Å². The lowest BCUT2D eigenvalue weighted by Crippen LogP contribution is -2.37. The van der Waals surface area contributed by atoms with Gasteiger partial charge in [0, 0.05) is 50.4 Å². The second kappa shape index (κ2) is 14.5. The average Bonchev–Trinajstić information content (AvgIpc) is 3.67. The Bertz CT molecular complexity index is 1760. The van der Waals surface area contributed by atoms with E-state index in [2.05, 4.69) is 30.2 Å². The van der Waals surface area contributed by atoms with Crippen LogP contribution in [-0.4, -0.2) is 75.8 Å². The lowest BCUT2D eigenvalue weighted by Gasteiger charge is -2.34. The van der Waals surface area contributed by atoms with Crippen molar-refractivity contribution >= 4 is 34.7 Å². The number of carboxylic acid groups (broad SMARTS) is 1. The van der Waals surface area contributed by atoms with E-state index in [1.165, 1.54) is 18.3 Å². The number of carbonyl (C=O) groups is 2. The number of ether oxygens (including phenoxy) is 2. The van der Waals surface area contributed by atoms with Crippen LogP contribution in [0.4, 0.5) is 24.8 Å². The van der Waals surface area contributed by atoms with Gasteiger partial charge in [0.2, 0.25) is 11.8 Å². The van der Waals surface area contributed by atoms with Crippen molar-refractivity contribution in [2.24, 2.45) is 5.41 Å². The quantitative estimate of drug-likeness (QED) is 0.143. The first-order valence-corrected chi connectivity index (χ1v) is 15.7. The molecule has 0 bridgehead atoms. The maximum Gasteiger partial charge on any atom is 0.433 e. The van der Waals surface area contributed by atoms with Gasteiger partial charge in [-0.25, -0.2) is 9.97 Å². The largest absolute Gasteiger partial charge is 0.481 e. The number of halogens is 3. The highest BCUT2D eigenvalue weighted by Gasteiger charge is 2.36. The number of aromatic amines is 1. The first-order valence-electron chi connectivity index (χ1n) is 15.7. The van der Waals surface area contributed by atoms with Crippen LogP contribution in [0, 0.1) is 5.41 Å². The van der Waals surface area contributed by atoms with Gasteiger partial charge in [-0.3, -0.25) is 19.9 Å². The number of imidazole rings is 1. The summed E-state index contributed by atoms with van der Waals surface area (Å²) in [6.07, 6.45) is 1.89. The number of nitrogens with zero attached hydrogens (tertiary/aromatic N) is 5. The first kappa shape index (κ1) is 34.5. The molecule has 0 spiro atoms. The summed E-state index contributed by atoms with van der Waals surface area (Å²) in [6, 6.07) is 7.28. The third-order valence-corrected chi connectivity index (χ3v) is 8.36. The molecule has 3 N–H and O–H groups in total. The van der Waals surface area contributed by atoms with Crippen molar-refractivity contribution < 1.29 is 37.3 Å². The number of amides is 1. The van der Waals surface area contributed by atoms with Crippen LogP contribution in [-0.2, 0) is 22.1 Å². The van der Waals surface area contributed by atoms with Crippen LogP contribution in [0.3, 0.4) is 0 Å². The lowest BCUT2D eigenvalue weighted by molar-refractivity contribution is -0.141. The molecule has 1 aliphatic carbocycles. The molecule has 4 heterocycles. The van der Waals surface area contributed by atoms with Crippen molar-refractivity contribution in [3.8, 4) is 17.1 Å². The number of nitrogens with one attached hydrogen (secondary N) is 2. The molecular weight excluding hydrogens is 631 g/mol. The second-order valence-corrected chi connectivity index (χ2v) is 12.1. The van der Waals surface area contributed by atoms with Gasteiger partial charge in [-0.2, -0.15) is 18.2 Å². The molecule has 15 heteroatoms. The number of H-pyrrole nitrogens is 1. The molecule has 0 unspecified atom stereocenters. The minimum Gasteiger partial charge on any atom is -0.481 e. The van der Waals surface area contributed by atoms with Crippen LogP contribution in [0.15, 0.2) is 36.5 Å². The predicted molar refractivity (Wildman–Crippen MR) is 172 cm³/mol. The van der Waals surface area contributed by atoms with E-state index < -0.39 is 23.7 Å². The van der Waals surface area contributed by atoms with Crippen molar-refractivity contribution in [3.05, 3.63) is 53.5 Å². The maximum absolute atomic E-state index is 13.8. The molecule has 0 saturated heterocycles. The summed E-state index contributed by atoms with van der Waals surface area (Å²) in [4.78, 5) is 46.0. The molecule has 12 nitrogen and oxygen atoms in total. The molecule has 0 aliphatic heterocycles. The first-order chi connectivity index (χ1) is 22.9. The highest BCUT2D eigenvalue weighted by atomic mass is 19.4. The topological polar surface area (TPSA) is 155 Å². The Morgan fingerprint density at radius 2 is 1.90 bits per heavy atom. The van der Waals surface area contributed by atoms with E-state index in [-0.39, 0.29) is 52.9 Å². The van der Waals surface area contributed by atoms with Crippen LogP contribution >= 0.6 is 0 Å². The Balaban J connectivity index is 1.51. The zero-order valence-electron chi connectivity index (χ0n) is 27.0. The summed E-state index contributed by atoms with van der Waals surface area (Å²) in [5, 5.41) is 11.6. The number of aliphatic carboxylic acids is 1. The number of carbonyl (C=O) groups excluding carboxylic acids is 1.